The molecule has 142 valence electrons. The van der Waals surface area contributed by atoms with Gasteiger partial charge in [-0.2, -0.15) is 10.2 Å². The van der Waals surface area contributed by atoms with Gasteiger partial charge in [0.15, 0.2) is 11.5 Å². The Morgan fingerprint density at radius 3 is 2.75 bits per heavy atom. The maximum atomic E-state index is 12.2. The number of aromatic amines is 1. The molecule has 0 aliphatic heterocycles. The first kappa shape index (κ1) is 18.6. The van der Waals surface area contributed by atoms with Crippen molar-refractivity contribution in [2.75, 3.05) is 7.11 Å². The van der Waals surface area contributed by atoms with Gasteiger partial charge in [0.25, 0.3) is 11.6 Å². The maximum Gasteiger partial charge on any atom is 0.289 e. The number of phenols is 1. The zero-order valence-electron chi connectivity index (χ0n) is 14.6. The van der Waals surface area contributed by atoms with Gasteiger partial charge in [0, 0.05) is 17.2 Å². The molecule has 28 heavy (non-hydrogen) atoms. The van der Waals surface area contributed by atoms with Crippen molar-refractivity contribution in [2.45, 2.75) is 0 Å². The number of carbonyl (C=O) groups is 1. The number of aromatic hydroxyl groups is 1. The van der Waals surface area contributed by atoms with E-state index in [9.17, 15) is 20.0 Å². The maximum absolute atomic E-state index is 12.2. The number of hydrogen-bond donors (Lipinski definition) is 3. The smallest absolute Gasteiger partial charge is 0.289 e. The number of ether oxygens (including phenoxy) is 1. The fourth-order valence-corrected chi connectivity index (χ4v) is 2.39. The number of nitro groups is 1. The number of nitrogens with one attached hydrogen (secondary N) is 2. The standard InChI is InChI=1S/C18H15N5O5/c1-28-16-8-13(23(26)27)7-12(17(16)24)10-19-22-18(25)15-9-14(20-21-15)11-5-3-2-4-6-11/h2-10,24H,1H3,(H,20,21)(H,22,25)/b19-10+. The number of amides is 1. The summed E-state index contributed by atoms with van der Waals surface area (Å²) in [5.74, 6) is -0.982. The molecule has 1 heterocycles. The largest absolute Gasteiger partial charge is 0.504 e. The van der Waals surface area contributed by atoms with Crippen LogP contribution < -0.4 is 10.2 Å². The van der Waals surface area contributed by atoms with Gasteiger partial charge in [-0.15, -0.1) is 0 Å². The number of methoxy groups -OCH3 is 1. The second kappa shape index (κ2) is 7.99. The topological polar surface area (TPSA) is 143 Å². The molecule has 0 spiro atoms. The van der Waals surface area contributed by atoms with Crippen molar-refractivity contribution in [1.29, 1.82) is 0 Å². The van der Waals surface area contributed by atoms with E-state index in [-0.39, 0.29) is 28.4 Å². The summed E-state index contributed by atoms with van der Waals surface area (Å²) in [7, 11) is 1.27. The van der Waals surface area contributed by atoms with Gasteiger partial charge >= 0.3 is 0 Å². The van der Waals surface area contributed by atoms with Crippen LogP contribution in [0.3, 0.4) is 0 Å². The lowest BCUT2D eigenvalue weighted by atomic mass is 10.1. The molecule has 1 aromatic heterocycles. The molecule has 0 saturated carbocycles. The molecular formula is C18H15N5O5. The van der Waals surface area contributed by atoms with Crippen molar-refractivity contribution in [3.05, 3.63) is 69.9 Å². The van der Waals surface area contributed by atoms with Crippen LogP contribution in [0, 0.1) is 10.1 Å². The lowest BCUT2D eigenvalue weighted by Crippen LogP contribution is -2.18. The van der Waals surface area contributed by atoms with E-state index in [2.05, 4.69) is 20.7 Å². The summed E-state index contributed by atoms with van der Waals surface area (Å²) in [5.41, 5.74) is 3.60. The molecular weight excluding hydrogens is 366 g/mol. The molecule has 10 heteroatoms. The predicted molar refractivity (Wildman–Crippen MR) is 100 cm³/mol. The van der Waals surface area contributed by atoms with E-state index in [1.54, 1.807) is 6.07 Å². The van der Waals surface area contributed by atoms with Gasteiger partial charge in [-0.1, -0.05) is 30.3 Å². The zero-order chi connectivity index (χ0) is 20.1. The highest BCUT2D eigenvalue weighted by Gasteiger charge is 2.16. The minimum atomic E-state index is -0.631. The molecule has 3 N–H and O–H groups in total. The Balaban J connectivity index is 1.75. The number of phenolic OH excluding ortho intramolecular Hbond substituents is 1. The molecule has 0 unspecified atom stereocenters. The predicted octanol–water partition coefficient (Wildman–Crippen LogP) is 2.46. The van der Waals surface area contributed by atoms with E-state index in [0.717, 1.165) is 23.9 Å². The molecule has 0 bridgehead atoms. The minimum absolute atomic E-state index is 0.0148. The third kappa shape index (κ3) is 3.96. The Morgan fingerprint density at radius 1 is 1.32 bits per heavy atom. The average molecular weight is 381 g/mol. The van der Waals surface area contributed by atoms with Crippen molar-refractivity contribution in [2.24, 2.45) is 5.10 Å². The van der Waals surface area contributed by atoms with Gasteiger partial charge in [0.05, 0.1) is 30.0 Å². The average Bonchev–Trinajstić information content (AvgIpc) is 3.20. The first-order chi connectivity index (χ1) is 13.5. The normalized spacial score (nSPS) is 10.8. The Labute approximate surface area is 158 Å². The summed E-state index contributed by atoms with van der Waals surface area (Å²) >= 11 is 0. The van der Waals surface area contributed by atoms with Gasteiger partial charge in [-0.05, 0) is 6.07 Å². The minimum Gasteiger partial charge on any atom is -0.504 e. The van der Waals surface area contributed by atoms with Gasteiger partial charge < -0.3 is 9.84 Å². The number of carbonyl (C=O) groups excluding carboxylic acids is 1. The Bertz CT molecular complexity index is 1050. The summed E-state index contributed by atoms with van der Waals surface area (Å²) in [5, 5.41) is 31.4. The first-order valence-electron chi connectivity index (χ1n) is 7.99. The Kier molecular flexibility index (Phi) is 5.30. The monoisotopic (exact) mass is 381 g/mol. The van der Waals surface area contributed by atoms with Gasteiger partial charge in [-0.3, -0.25) is 20.0 Å². The number of H-pyrrole nitrogens is 1. The molecule has 2 aromatic carbocycles. The Hall–Kier alpha value is -4.21. The number of aromatic nitrogens is 2. The highest BCUT2D eigenvalue weighted by molar-refractivity contribution is 5.94. The third-order valence-corrected chi connectivity index (χ3v) is 3.78. The first-order valence-corrected chi connectivity index (χ1v) is 7.99. The van der Waals surface area contributed by atoms with Crippen LogP contribution >= 0.6 is 0 Å². The fraction of sp³-hybridized carbons (Fsp3) is 0.0556. The van der Waals surface area contributed by atoms with Crippen LogP contribution in [0.25, 0.3) is 11.3 Å². The summed E-state index contributed by atoms with van der Waals surface area (Å²) in [6, 6.07) is 13.0. The highest BCUT2D eigenvalue weighted by atomic mass is 16.6. The molecule has 0 atom stereocenters. The third-order valence-electron chi connectivity index (χ3n) is 3.78. The molecule has 0 saturated heterocycles. The SMILES string of the molecule is COc1cc([N+](=O)[O-])cc(/C=N/NC(=O)c2cc(-c3ccccc3)n[nH]2)c1O. The van der Waals surface area contributed by atoms with E-state index in [1.165, 1.54) is 7.11 Å². The number of rotatable bonds is 6. The summed E-state index contributed by atoms with van der Waals surface area (Å²) in [6.07, 6.45) is 1.08. The van der Waals surface area contributed by atoms with Crippen LogP contribution in [0.4, 0.5) is 5.69 Å². The van der Waals surface area contributed by atoms with Crippen LogP contribution in [-0.4, -0.2) is 39.5 Å². The van der Waals surface area contributed by atoms with Crippen LogP contribution in [0.2, 0.25) is 0 Å². The van der Waals surface area contributed by atoms with Crippen molar-refractivity contribution >= 4 is 17.8 Å². The highest BCUT2D eigenvalue weighted by Crippen LogP contribution is 2.33. The molecule has 0 aliphatic rings. The van der Waals surface area contributed by atoms with E-state index in [0.29, 0.717) is 5.69 Å². The summed E-state index contributed by atoms with van der Waals surface area (Å²) in [4.78, 5) is 22.5. The van der Waals surface area contributed by atoms with Crippen molar-refractivity contribution in [3.63, 3.8) is 0 Å². The van der Waals surface area contributed by atoms with Gasteiger partial charge in [0.1, 0.15) is 5.69 Å². The summed E-state index contributed by atoms with van der Waals surface area (Å²) in [6.45, 7) is 0. The molecule has 1 amide bonds. The molecule has 3 rings (SSSR count). The number of nitrogens with zero attached hydrogens (tertiary/aromatic N) is 3. The van der Waals surface area contributed by atoms with Gasteiger partial charge in [0.2, 0.25) is 0 Å². The number of hydrazone groups is 1. The Morgan fingerprint density at radius 2 is 2.07 bits per heavy atom. The molecule has 0 aliphatic carbocycles. The number of nitro benzene ring substituents is 1. The van der Waals surface area contributed by atoms with Crippen LogP contribution in [0.1, 0.15) is 16.1 Å². The lowest BCUT2D eigenvalue weighted by molar-refractivity contribution is -0.385. The number of hydrogen-bond acceptors (Lipinski definition) is 7. The summed E-state index contributed by atoms with van der Waals surface area (Å²) < 4.78 is 4.90. The number of benzene rings is 2. The second-order valence-corrected chi connectivity index (χ2v) is 5.57. The van der Waals surface area contributed by atoms with Crippen LogP contribution in [0.5, 0.6) is 11.5 Å². The van der Waals surface area contributed by atoms with Crippen molar-refractivity contribution in [1.82, 2.24) is 15.6 Å². The zero-order valence-corrected chi connectivity index (χ0v) is 14.6. The van der Waals surface area contributed by atoms with Crippen LogP contribution in [-0.2, 0) is 0 Å². The molecule has 10 nitrogen and oxygen atoms in total. The van der Waals surface area contributed by atoms with E-state index in [4.69, 9.17) is 4.74 Å². The molecule has 3 aromatic rings. The van der Waals surface area contributed by atoms with Crippen LogP contribution in [0.15, 0.2) is 53.6 Å². The van der Waals surface area contributed by atoms with Crippen molar-refractivity contribution in [3.8, 4) is 22.8 Å². The van der Waals surface area contributed by atoms with E-state index in [1.807, 2.05) is 30.3 Å². The van der Waals surface area contributed by atoms with Crippen molar-refractivity contribution < 1.29 is 19.6 Å². The lowest BCUT2D eigenvalue weighted by Gasteiger charge is -2.05. The van der Waals surface area contributed by atoms with E-state index >= 15 is 0 Å². The van der Waals surface area contributed by atoms with E-state index < -0.39 is 10.8 Å². The molecule has 0 fully saturated rings. The molecule has 0 radical (unpaired) electrons. The van der Waals surface area contributed by atoms with Gasteiger partial charge in [-0.25, -0.2) is 5.43 Å². The fourth-order valence-electron chi connectivity index (χ4n) is 2.39. The quantitative estimate of drug-likeness (QED) is 0.340. The second-order valence-electron chi connectivity index (χ2n) is 5.57. The number of non-ortho nitro benzene ring substituents is 1.